The predicted molar refractivity (Wildman–Crippen MR) is 63.0 cm³/mol. The summed E-state index contributed by atoms with van der Waals surface area (Å²) >= 11 is 0. The molecule has 0 radical (unpaired) electrons. The number of hydrogen-bond acceptors (Lipinski definition) is 4. The summed E-state index contributed by atoms with van der Waals surface area (Å²) in [6.45, 7) is 0.506. The highest BCUT2D eigenvalue weighted by atomic mass is 16.5. The smallest absolute Gasteiger partial charge is 0.134 e. The van der Waals surface area contributed by atoms with E-state index >= 15 is 0 Å². The molecule has 1 aliphatic carbocycles. The summed E-state index contributed by atoms with van der Waals surface area (Å²) in [5.74, 6) is 1.96. The summed E-state index contributed by atoms with van der Waals surface area (Å²) in [4.78, 5) is 8.88. The van der Waals surface area contributed by atoms with E-state index in [0.717, 1.165) is 11.5 Å². The molecule has 1 saturated carbocycles. The van der Waals surface area contributed by atoms with Crippen molar-refractivity contribution in [3.63, 3.8) is 0 Å². The lowest BCUT2D eigenvalue weighted by atomic mass is 9.88. The second kappa shape index (κ2) is 5.25. The van der Waals surface area contributed by atoms with Gasteiger partial charge in [0.05, 0.1) is 12.3 Å². The van der Waals surface area contributed by atoms with E-state index in [1.807, 2.05) is 0 Å². The minimum Gasteiger partial charge on any atom is -0.384 e. The number of methoxy groups -OCH3 is 1. The van der Waals surface area contributed by atoms with Gasteiger partial charge in [-0.2, -0.15) is 0 Å². The summed E-state index contributed by atoms with van der Waals surface area (Å²) in [5.41, 5.74) is 6.67. The molecule has 88 valence electrons. The fourth-order valence-corrected chi connectivity index (χ4v) is 2.30. The zero-order valence-electron chi connectivity index (χ0n) is 9.78. The molecule has 4 heteroatoms. The number of nitrogens with two attached hydrogens (primary N) is 1. The number of aromatic nitrogens is 2. The van der Waals surface area contributed by atoms with Crippen LogP contribution in [0.3, 0.4) is 0 Å². The van der Waals surface area contributed by atoms with E-state index in [9.17, 15) is 0 Å². The van der Waals surface area contributed by atoms with Crippen molar-refractivity contribution in [1.82, 2.24) is 9.97 Å². The first-order valence-corrected chi connectivity index (χ1v) is 5.92. The van der Waals surface area contributed by atoms with E-state index in [4.69, 9.17) is 10.5 Å². The number of nitrogen functional groups attached to an aromatic ring is 1. The van der Waals surface area contributed by atoms with Gasteiger partial charge in [-0.1, -0.05) is 19.3 Å². The Labute approximate surface area is 96.2 Å². The molecule has 0 amide bonds. The van der Waals surface area contributed by atoms with Gasteiger partial charge in [0.25, 0.3) is 0 Å². The van der Waals surface area contributed by atoms with Gasteiger partial charge in [0.1, 0.15) is 11.6 Å². The monoisotopic (exact) mass is 221 g/mol. The van der Waals surface area contributed by atoms with E-state index in [-0.39, 0.29) is 0 Å². The minimum atomic E-state index is 0.493. The van der Waals surface area contributed by atoms with Crippen molar-refractivity contribution in [2.75, 3.05) is 12.8 Å². The van der Waals surface area contributed by atoms with Crippen molar-refractivity contribution in [3.8, 4) is 0 Å². The first-order valence-electron chi connectivity index (χ1n) is 5.92. The normalized spacial score (nSPS) is 17.6. The van der Waals surface area contributed by atoms with Gasteiger partial charge in [0.2, 0.25) is 0 Å². The Morgan fingerprint density at radius 1 is 1.31 bits per heavy atom. The summed E-state index contributed by atoms with van der Waals surface area (Å²) < 4.78 is 5.08. The highest BCUT2D eigenvalue weighted by Crippen LogP contribution is 2.30. The highest BCUT2D eigenvalue weighted by molar-refractivity contribution is 5.30. The Morgan fingerprint density at radius 3 is 2.75 bits per heavy atom. The second-order valence-electron chi connectivity index (χ2n) is 4.41. The first kappa shape index (κ1) is 11.3. The van der Waals surface area contributed by atoms with Crippen molar-refractivity contribution in [2.45, 2.75) is 44.6 Å². The van der Waals surface area contributed by atoms with Crippen LogP contribution in [-0.2, 0) is 11.3 Å². The molecule has 2 N–H and O–H groups in total. The van der Waals surface area contributed by atoms with Crippen LogP contribution in [0.1, 0.15) is 49.5 Å². The summed E-state index contributed by atoms with van der Waals surface area (Å²) in [6.07, 6.45) is 6.28. The molecule has 1 heterocycles. The van der Waals surface area contributed by atoms with Gasteiger partial charge in [-0.3, -0.25) is 0 Å². The van der Waals surface area contributed by atoms with E-state index in [1.165, 1.54) is 32.1 Å². The lowest BCUT2D eigenvalue weighted by Gasteiger charge is -2.20. The SMILES string of the molecule is COCc1cc(N)nc(C2CCCCC2)n1. The third-order valence-electron chi connectivity index (χ3n) is 3.08. The van der Waals surface area contributed by atoms with Crippen LogP contribution in [0.4, 0.5) is 5.82 Å². The molecular weight excluding hydrogens is 202 g/mol. The molecule has 16 heavy (non-hydrogen) atoms. The Bertz CT molecular complexity index is 348. The largest absolute Gasteiger partial charge is 0.384 e. The molecule has 0 saturated heterocycles. The molecule has 1 aliphatic rings. The molecule has 2 rings (SSSR count). The van der Waals surface area contributed by atoms with Crippen molar-refractivity contribution in [3.05, 3.63) is 17.6 Å². The van der Waals surface area contributed by atoms with Gasteiger partial charge in [0.15, 0.2) is 0 Å². The number of hydrogen-bond donors (Lipinski definition) is 1. The predicted octanol–water partition coefficient (Wildman–Crippen LogP) is 2.25. The molecule has 0 atom stereocenters. The zero-order chi connectivity index (χ0) is 11.4. The first-order chi connectivity index (χ1) is 7.79. The van der Waals surface area contributed by atoms with Crippen LogP contribution in [0.15, 0.2) is 6.07 Å². The Balaban J connectivity index is 2.18. The topological polar surface area (TPSA) is 61.0 Å². The van der Waals surface area contributed by atoms with Crippen molar-refractivity contribution >= 4 is 5.82 Å². The van der Waals surface area contributed by atoms with E-state index in [2.05, 4.69) is 9.97 Å². The maximum Gasteiger partial charge on any atom is 0.134 e. The van der Waals surface area contributed by atoms with Crippen LogP contribution >= 0.6 is 0 Å². The van der Waals surface area contributed by atoms with Crippen molar-refractivity contribution in [2.24, 2.45) is 0 Å². The molecule has 0 unspecified atom stereocenters. The third-order valence-corrected chi connectivity index (χ3v) is 3.08. The summed E-state index contributed by atoms with van der Waals surface area (Å²) in [7, 11) is 1.67. The molecular formula is C12H19N3O. The molecule has 1 aromatic rings. The lowest BCUT2D eigenvalue weighted by molar-refractivity contribution is 0.181. The second-order valence-corrected chi connectivity index (χ2v) is 4.41. The van der Waals surface area contributed by atoms with Gasteiger partial charge >= 0.3 is 0 Å². The fourth-order valence-electron chi connectivity index (χ4n) is 2.30. The zero-order valence-corrected chi connectivity index (χ0v) is 9.78. The number of rotatable bonds is 3. The average molecular weight is 221 g/mol. The van der Waals surface area contributed by atoms with Crippen LogP contribution in [0, 0.1) is 0 Å². The molecule has 1 fully saturated rings. The maximum atomic E-state index is 5.79. The van der Waals surface area contributed by atoms with Gasteiger partial charge in [-0.15, -0.1) is 0 Å². The van der Waals surface area contributed by atoms with Crippen LogP contribution in [-0.4, -0.2) is 17.1 Å². The Kier molecular flexibility index (Phi) is 3.72. The van der Waals surface area contributed by atoms with Gasteiger partial charge < -0.3 is 10.5 Å². The molecule has 1 aromatic heterocycles. The van der Waals surface area contributed by atoms with Crippen LogP contribution in [0.2, 0.25) is 0 Å². The van der Waals surface area contributed by atoms with Crippen LogP contribution < -0.4 is 5.73 Å². The molecule has 0 aromatic carbocycles. The van der Waals surface area contributed by atoms with Gasteiger partial charge in [-0.05, 0) is 12.8 Å². The standard InChI is InChI=1S/C12H19N3O/c1-16-8-10-7-11(13)15-12(14-10)9-5-3-2-4-6-9/h7,9H,2-6,8H2,1H3,(H2,13,14,15). The number of nitrogens with zero attached hydrogens (tertiary/aromatic N) is 2. The van der Waals surface area contributed by atoms with Crippen molar-refractivity contribution < 1.29 is 4.74 Å². The maximum absolute atomic E-state index is 5.79. The average Bonchev–Trinajstić information content (AvgIpc) is 2.30. The van der Waals surface area contributed by atoms with Crippen LogP contribution in [0.25, 0.3) is 0 Å². The third kappa shape index (κ3) is 2.70. The highest BCUT2D eigenvalue weighted by Gasteiger charge is 2.18. The fraction of sp³-hybridized carbons (Fsp3) is 0.667. The minimum absolute atomic E-state index is 0.493. The summed E-state index contributed by atoms with van der Waals surface area (Å²) in [6, 6.07) is 1.79. The molecule has 0 spiro atoms. The van der Waals surface area contributed by atoms with E-state index in [1.54, 1.807) is 13.2 Å². The van der Waals surface area contributed by atoms with E-state index in [0.29, 0.717) is 18.3 Å². The summed E-state index contributed by atoms with van der Waals surface area (Å²) in [5, 5.41) is 0. The number of ether oxygens (including phenoxy) is 1. The van der Waals surface area contributed by atoms with Crippen LogP contribution in [0.5, 0.6) is 0 Å². The number of anilines is 1. The van der Waals surface area contributed by atoms with Gasteiger partial charge in [0, 0.05) is 19.1 Å². The molecule has 4 nitrogen and oxygen atoms in total. The van der Waals surface area contributed by atoms with E-state index < -0.39 is 0 Å². The lowest BCUT2D eigenvalue weighted by Crippen LogP contribution is -2.11. The Morgan fingerprint density at radius 2 is 2.06 bits per heavy atom. The quantitative estimate of drug-likeness (QED) is 0.850. The van der Waals surface area contributed by atoms with Gasteiger partial charge in [-0.25, -0.2) is 9.97 Å². The molecule has 0 bridgehead atoms. The molecule has 0 aliphatic heterocycles. The van der Waals surface area contributed by atoms with Crippen molar-refractivity contribution in [1.29, 1.82) is 0 Å². The Hall–Kier alpha value is -1.16.